The number of amides is 1. The van der Waals surface area contributed by atoms with Crippen LogP contribution < -0.4 is 10.2 Å². The molecule has 1 amide bonds. The van der Waals surface area contributed by atoms with Gasteiger partial charge in [-0.3, -0.25) is 4.79 Å². The van der Waals surface area contributed by atoms with Gasteiger partial charge >= 0.3 is 0 Å². The zero-order chi connectivity index (χ0) is 15.4. The summed E-state index contributed by atoms with van der Waals surface area (Å²) in [5.41, 5.74) is 2.80. The number of anilines is 2. The summed E-state index contributed by atoms with van der Waals surface area (Å²) in [6, 6.07) is 7.97. The van der Waals surface area contributed by atoms with E-state index in [1.807, 2.05) is 30.5 Å². The fourth-order valence-electron chi connectivity index (χ4n) is 2.61. The summed E-state index contributed by atoms with van der Waals surface area (Å²) in [4.78, 5) is 18.8. The van der Waals surface area contributed by atoms with Gasteiger partial charge in [-0.2, -0.15) is 0 Å². The van der Waals surface area contributed by atoms with E-state index in [0.29, 0.717) is 0 Å². The Kier molecular flexibility index (Phi) is 4.53. The van der Waals surface area contributed by atoms with Gasteiger partial charge < -0.3 is 10.2 Å². The first-order valence-electron chi connectivity index (χ1n) is 7.47. The molecule has 5 heteroatoms. The number of aryl methyl sites for hydroxylation is 1. The lowest BCUT2D eigenvalue weighted by Crippen LogP contribution is -2.20. The van der Waals surface area contributed by atoms with Gasteiger partial charge in [-0.15, -0.1) is 11.3 Å². The molecule has 114 valence electrons. The topological polar surface area (TPSA) is 45.2 Å². The van der Waals surface area contributed by atoms with E-state index in [1.165, 1.54) is 18.9 Å². The minimum Gasteiger partial charge on any atom is -0.370 e. The number of benzene rings is 1. The molecule has 1 fully saturated rings. The number of carbonyl (C=O) groups is 1. The summed E-state index contributed by atoms with van der Waals surface area (Å²) in [5, 5.41) is 5.91. The fraction of sp³-hybridized carbons (Fsp3) is 0.294. The Morgan fingerprint density at radius 3 is 2.82 bits per heavy atom. The maximum Gasteiger partial charge on any atom is 0.248 e. The first-order chi connectivity index (χ1) is 10.7. The average Bonchev–Trinajstić information content (AvgIpc) is 3.17. The van der Waals surface area contributed by atoms with Crippen LogP contribution in [0.2, 0.25) is 0 Å². The van der Waals surface area contributed by atoms with Gasteiger partial charge in [-0.05, 0) is 38.0 Å². The molecule has 3 rings (SSSR count). The molecule has 0 atom stereocenters. The van der Waals surface area contributed by atoms with E-state index < -0.39 is 0 Å². The van der Waals surface area contributed by atoms with Crippen LogP contribution in [0.3, 0.4) is 0 Å². The van der Waals surface area contributed by atoms with Crippen molar-refractivity contribution in [1.29, 1.82) is 0 Å². The third kappa shape index (κ3) is 3.54. The van der Waals surface area contributed by atoms with Crippen LogP contribution in [0.15, 0.2) is 35.7 Å². The Labute approximate surface area is 134 Å². The Morgan fingerprint density at radius 1 is 1.32 bits per heavy atom. The van der Waals surface area contributed by atoms with E-state index >= 15 is 0 Å². The highest BCUT2D eigenvalue weighted by Gasteiger charge is 2.15. The quantitative estimate of drug-likeness (QED) is 0.875. The van der Waals surface area contributed by atoms with Crippen molar-refractivity contribution in [3.8, 4) is 0 Å². The van der Waals surface area contributed by atoms with Crippen LogP contribution in [-0.4, -0.2) is 24.0 Å². The van der Waals surface area contributed by atoms with Crippen LogP contribution in [0.1, 0.15) is 23.5 Å². The van der Waals surface area contributed by atoms with Gasteiger partial charge in [0.05, 0.1) is 22.1 Å². The van der Waals surface area contributed by atoms with Crippen LogP contribution in [0, 0.1) is 6.92 Å². The minimum absolute atomic E-state index is 0.128. The number of carbonyl (C=O) groups excluding carboxylic acids is 1. The highest BCUT2D eigenvalue weighted by molar-refractivity contribution is 7.09. The summed E-state index contributed by atoms with van der Waals surface area (Å²) >= 11 is 1.58. The van der Waals surface area contributed by atoms with Crippen molar-refractivity contribution < 1.29 is 4.79 Å². The van der Waals surface area contributed by atoms with Crippen molar-refractivity contribution in [2.24, 2.45) is 0 Å². The van der Waals surface area contributed by atoms with Gasteiger partial charge in [0.15, 0.2) is 0 Å². The molecule has 1 aliphatic rings. The molecular weight excluding hydrogens is 294 g/mol. The number of hydrogen-bond acceptors (Lipinski definition) is 4. The predicted molar refractivity (Wildman–Crippen MR) is 92.4 cm³/mol. The fourth-order valence-corrected chi connectivity index (χ4v) is 3.19. The molecule has 1 aromatic carbocycles. The normalized spacial score (nSPS) is 14.7. The zero-order valence-corrected chi connectivity index (χ0v) is 13.4. The Morgan fingerprint density at radius 2 is 2.09 bits per heavy atom. The lowest BCUT2D eigenvalue weighted by Gasteiger charge is -2.21. The van der Waals surface area contributed by atoms with E-state index in [-0.39, 0.29) is 5.91 Å². The van der Waals surface area contributed by atoms with Crippen molar-refractivity contribution in [3.05, 3.63) is 46.4 Å². The Bertz CT molecular complexity index is 687. The molecule has 4 nitrogen and oxygen atoms in total. The molecule has 1 saturated heterocycles. The maximum atomic E-state index is 12.1. The van der Waals surface area contributed by atoms with Crippen molar-refractivity contribution >= 4 is 34.7 Å². The SMILES string of the molecule is Cc1nc(C=CC(=O)Nc2ccccc2N2CCCC2)cs1. The van der Waals surface area contributed by atoms with Crippen molar-refractivity contribution in [1.82, 2.24) is 4.98 Å². The number of nitrogens with one attached hydrogen (secondary N) is 1. The number of thiazole rings is 1. The van der Waals surface area contributed by atoms with E-state index in [0.717, 1.165) is 35.2 Å². The molecule has 1 aliphatic heterocycles. The lowest BCUT2D eigenvalue weighted by atomic mass is 10.2. The molecule has 0 saturated carbocycles. The summed E-state index contributed by atoms with van der Waals surface area (Å²) in [7, 11) is 0. The second-order valence-corrected chi connectivity index (χ2v) is 6.39. The van der Waals surface area contributed by atoms with E-state index in [2.05, 4.69) is 21.3 Å². The Hall–Kier alpha value is -2.14. The third-order valence-corrected chi connectivity index (χ3v) is 4.44. The maximum absolute atomic E-state index is 12.1. The summed E-state index contributed by atoms with van der Waals surface area (Å²) in [5.74, 6) is -0.128. The van der Waals surface area contributed by atoms with Gasteiger partial charge in [0.25, 0.3) is 0 Å². The molecule has 2 aromatic rings. The van der Waals surface area contributed by atoms with Crippen LogP contribution in [0.5, 0.6) is 0 Å². The van der Waals surface area contributed by atoms with Crippen molar-refractivity contribution in [2.45, 2.75) is 19.8 Å². The first-order valence-corrected chi connectivity index (χ1v) is 8.35. The molecule has 0 unspecified atom stereocenters. The first kappa shape index (κ1) is 14.8. The largest absolute Gasteiger partial charge is 0.370 e. The van der Waals surface area contributed by atoms with Gasteiger partial charge in [0, 0.05) is 24.5 Å². The number of rotatable bonds is 4. The molecule has 0 radical (unpaired) electrons. The molecule has 2 heterocycles. The predicted octanol–water partition coefficient (Wildman–Crippen LogP) is 3.70. The summed E-state index contributed by atoms with van der Waals surface area (Å²) in [6.45, 7) is 4.07. The summed E-state index contributed by atoms with van der Waals surface area (Å²) < 4.78 is 0. The monoisotopic (exact) mass is 313 g/mol. The van der Waals surface area contributed by atoms with Crippen LogP contribution >= 0.6 is 11.3 Å². The third-order valence-electron chi connectivity index (χ3n) is 3.65. The van der Waals surface area contributed by atoms with Gasteiger partial charge in [-0.25, -0.2) is 4.98 Å². The van der Waals surface area contributed by atoms with E-state index in [9.17, 15) is 4.79 Å². The molecular formula is C17H19N3OS. The smallest absolute Gasteiger partial charge is 0.248 e. The van der Waals surface area contributed by atoms with E-state index in [4.69, 9.17) is 0 Å². The second-order valence-electron chi connectivity index (χ2n) is 5.33. The number of para-hydroxylation sites is 2. The minimum atomic E-state index is -0.128. The molecule has 1 N–H and O–H groups in total. The van der Waals surface area contributed by atoms with Crippen molar-refractivity contribution in [3.63, 3.8) is 0 Å². The molecule has 0 aliphatic carbocycles. The highest BCUT2D eigenvalue weighted by Crippen LogP contribution is 2.28. The molecule has 1 aromatic heterocycles. The van der Waals surface area contributed by atoms with Crippen LogP contribution in [0.25, 0.3) is 6.08 Å². The van der Waals surface area contributed by atoms with Crippen molar-refractivity contribution in [2.75, 3.05) is 23.3 Å². The standard InChI is InChI=1S/C17H19N3OS/c1-13-18-14(12-22-13)8-9-17(21)19-15-6-2-3-7-16(15)20-10-4-5-11-20/h2-3,6-9,12H,4-5,10-11H2,1H3,(H,19,21). The summed E-state index contributed by atoms with van der Waals surface area (Å²) in [6.07, 6.45) is 5.71. The number of hydrogen-bond donors (Lipinski definition) is 1. The Balaban J connectivity index is 1.70. The molecule has 0 bridgehead atoms. The number of nitrogens with zero attached hydrogens (tertiary/aromatic N) is 2. The van der Waals surface area contributed by atoms with Crippen LogP contribution in [-0.2, 0) is 4.79 Å². The van der Waals surface area contributed by atoms with Gasteiger partial charge in [0.2, 0.25) is 5.91 Å². The van der Waals surface area contributed by atoms with Gasteiger partial charge in [0.1, 0.15) is 0 Å². The van der Waals surface area contributed by atoms with Gasteiger partial charge in [-0.1, -0.05) is 12.1 Å². The molecule has 22 heavy (non-hydrogen) atoms. The average molecular weight is 313 g/mol. The lowest BCUT2D eigenvalue weighted by molar-refractivity contribution is -0.111. The second kappa shape index (κ2) is 6.75. The molecule has 0 spiro atoms. The zero-order valence-electron chi connectivity index (χ0n) is 12.6. The van der Waals surface area contributed by atoms with E-state index in [1.54, 1.807) is 17.4 Å². The highest BCUT2D eigenvalue weighted by atomic mass is 32.1. The number of aromatic nitrogens is 1. The van der Waals surface area contributed by atoms with Crippen LogP contribution in [0.4, 0.5) is 11.4 Å².